The molecule has 8 heteroatoms. The van der Waals surface area contributed by atoms with Gasteiger partial charge in [-0.2, -0.15) is 4.52 Å². The van der Waals surface area contributed by atoms with E-state index in [9.17, 15) is 4.39 Å². The van der Waals surface area contributed by atoms with E-state index >= 15 is 0 Å². The molecule has 6 nitrogen and oxygen atoms in total. The molecule has 0 amide bonds. The van der Waals surface area contributed by atoms with E-state index in [2.05, 4.69) is 25.5 Å². The van der Waals surface area contributed by atoms with Gasteiger partial charge < -0.3 is 0 Å². The Morgan fingerprint density at radius 2 is 1.88 bits per heavy atom. The summed E-state index contributed by atoms with van der Waals surface area (Å²) in [4.78, 5) is 8.64. The average molecular weight is 341 g/mol. The van der Waals surface area contributed by atoms with E-state index in [0.29, 0.717) is 22.2 Å². The second-order valence-corrected chi connectivity index (χ2v) is 5.62. The molecule has 118 valence electrons. The molecule has 0 radical (unpaired) electrons. The van der Waals surface area contributed by atoms with Gasteiger partial charge in [-0.1, -0.05) is 11.6 Å². The van der Waals surface area contributed by atoms with Crippen LogP contribution >= 0.6 is 11.6 Å². The van der Waals surface area contributed by atoms with Crippen molar-refractivity contribution in [2.45, 2.75) is 6.92 Å². The van der Waals surface area contributed by atoms with Gasteiger partial charge in [0.1, 0.15) is 16.7 Å². The van der Waals surface area contributed by atoms with Crippen LogP contribution in [0.25, 0.3) is 28.2 Å². The Bertz CT molecular complexity index is 1020. The van der Waals surface area contributed by atoms with Crippen LogP contribution in [-0.2, 0) is 0 Å². The molecule has 4 rings (SSSR count). The van der Waals surface area contributed by atoms with E-state index in [1.165, 1.54) is 12.1 Å². The van der Waals surface area contributed by atoms with Gasteiger partial charge in [-0.3, -0.25) is 0 Å². The highest BCUT2D eigenvalue weighted by atomic mass is 35.5. The van der Waals surface area contributed by atoms with Crippen LogP contribution in [0, 0.1) is 12.7 Å². The van der Waals surface area contributed by atoms with Crippen molar-refractivity contribution in [2.75, 3.05) is 0 Å². The van der Waals surface area contributed by atoms with Crippen LogP contribution in [0.1, 0.15) is 5.69 Å². The highest BCUT2D eigenvalue weighted by Gasteiger charge is 2.16. The Labute approximate surface area is 141 Å². The molecular formula is C16H10ClFN6. The number of aromatic nitrogens is 6. The van der Waals surface area contributed by atoms with Gasteiger partial charge in [0.15, 0.2) is 5.65 Å². The smallest absolute Gasteiger partial charge is 0.198 e. The molecule has 0 N–H and O–H groups in total. The molecular weight excluding hydrogens is 331 g/mol. The van der Waals surface area contributed by atoms with Gasteiger partial charge in [-0.25, -0.2) is 14.4 Å². The van der Waals surface area contributed by atoms with E-state index in [4.69, 9.17) is 11.6 Å². The number of halogens is 2. The van der Waals surface area contributed by atoms with E-state index in [-0.39, 0.29) is 5.82 Å². The number of fused-ring (bicyclic) bond motifs is 1. The number of benzene rings is 1. The van der Waals surface area contributed by atoms with Crippen molar-refractivity contribution in [2.24, 2.45) is 0 Å². The predicted molar refractivity (Wildman–Crippen MR) is 86.9 cm³/mol. The molecule has 0 saturated heterocycles. The van der Waals surface area contributed by atoms with Crippen molar-refractivity contribution >= 4 is 17.2 Å². The molecule has 0 unspecified atom stereocenters. The third-order valence-corrected chi connectivity index (χ3v) is 3.75. The number of hydrogen-bond donors (Lipinski definition) is 0. The zero-order chi connectivity index (χ0) is 16.7. The first-order valence-electron chi connectivity index (χ1n) is 7.09. The van der Waals surface area contributed by atoms with E-state index < -0.39 is 0 Å². The van der Waals surface area contributed by atoms with Gasteiger partial charge in [0, 0.05) is 16.8 Å². The maximum atomic E-state index is 13.3. The third-order valence-electron chi connectivity index (χ3n) is 3.55. The first kappa shape index (κ1) is 14.6. The van der Waals surface area contributed by atoms with E-state index in [0.717, 1.165) is 16.8 Å². The summed E-state index contributed by atoms with van der Waals surface area (Å²) >= 11 is 6.10. The maximum Gasteiger partial charge on any atom is 0.198 e. The molecule has 0 fully saturated rings. The summed E-state index contributed by atoms with van der Waals surface area (Å²) in [6.45, 7) is 1.85. The second kappa shape index (κ2) is 5.61. The van der Waals surface area contributed by atoms with Gasteiger partial charge in [-0.15, -0.1) is 5.10 Å². The lowest BCUT2D eigenvalue weighted by Crippen LogP contribution is -2.01. The van der Waals surface area contributed by atoms with Crippen molar-refractivity contribution in [1.82, 2.24) is 30.0 Å². The van der Waals surface area contributed by atoms with Gasteiger partial charge in [0.2, 0.25) is 0 Å². The average Bonchev–Trinajstić information content (AvgIpc) is 3.02. The highest BCUT2D eigenvalue weighted by molar-refractivity contribution is 6.29. The lowest BCUT2D eigenvalue weighted by molar-refractivity contribution is 0.628. The molecule has 0 aliphatic heterocycles. The molecule has 0 aliphatic rings. The van der Waals surface area contributed by atoms with Crippen molar-refractivity contribution in [3.63, 3.8) is 0 Å². The third kappa shape index (κ3) is 2.48. The van der Waals surface area contributed by atoms with E-state index in [1.54, 1.807) is 28.9 Å². The Hall–Kier alpha value is -2.93. The van der Waals surface area contributed by atoms with Gasteiger partial charge in [-0.05, 0) is 53.7 Å². The van der Waals surface area contributed by atoms with Crippen molar-refractivity contribution in [3.05, 3.63) is 59.3 Å². The number of aryl methyl sites for hydroxylation is 1. The normalized spacial score (nSPS) is 11.1. The summed E-state index contributed by atoms with van der Waals surface area (Å²) in [5, 5.41) is 12.0. The topological polar surface area (TPSA) is 68.9 Å². The predicted octanol–water partition coefficient (Wildman–Crippen LogP) is 3.35. The van der Waals surface area contributed by atoms with Gasteiger partial charge >= 0.3 is 0 Å². The molecule has 3 heterocycles. The Morgan fingerprint density at radius 3 is 2.62 bits per heavy atom. The summed E-state index contributed by atoms with van der Waals surface area (Å²) < 4.78 is 14.8. The Balaban J connectivity index is 2.05. The molecule has 0 aliphatic carbocycles. The Morgan fingerprint density at radius 1 is 1.08 bits per heavy atom. The number of rotatable bonds is 2. The number of hydrogen-bond acceptors (Lipinski definition) is 5. The minimum atomic E-state index is -0.313. The van der Waals surface area contributed by atoms with Crippen LogP contribution in [0.4, 0.5) is 4.39 Å². The monoisotopic (exact) mass is 340 g/mol. The summed E-state index contributed by atoms with van der Waals surface area (Å²) in [6, 6.07) is 9.68. The quantitative estimate of drug-likeness (QED) is 0.523. The fraction of sp³-hybridized carbons (Fsp3) is 0.0625. The molecule has 0 atom stereocenters. The highest BCUT2D eigenvalue weighted by Crippen LogP contribution is 2.31. The number of pyridine rings is 1. The van der Waals surface area contributed by atoms with Crippen molar-refractivity contribution < 1.29 is 4.39 Å². The van der Waals surface area contributed by atoms with Crippen LogP contribution in [-0.4, -0.2) is 30.0 Å². The van der Waals surface area contributed by atoms with Crippen LogP contribution in [0.3, 0.4) is 0 Å². The SMILES string of the molecule is Cc1cc(-c2c(-c3ccc(F)cc3)ncc3nnnn23)cc(Cl)n1. The number of nitrogens with zero attached hydrogens (tertiary/aromatic N) is 6. The molecule has 1 aromatic carbocycles. The number of tetrazole rings is 1. The van der Waals surface area contributed by atoms with Gasteiger partial charge in [0.25, 0.3) is 0 Å². The summed E-state index contributed by atoms with van der Waals surface area (Å²) in [7, 11) is 0. The molecule has 0 spiro atoms. The van der Waals surface area contributed by atoms with Crippen molar-refractivity contribution in [3.8, 4) is 22.5 Å². The Kier molecular flexibility index (Phi) is 3.42. The maximum absolute atomic E-state index is 13.3. The van der Waals surface area contributed by atoms with Crippen LogP contribution in [0.2, 0.25) is 5.15 Å². The standard InChI is InChI=1S/C16H10ClFN6/c1-9-6-11(7-13(17)20-9)16-15(10-2-4-12(18)5-3-10)19-8-14-21-22-23-24(14)16/h2-8H,1H3. The minimum absolute atomic E-state index is 0.313. The van der Waals surface area contributed by atoms with E-state index in [1.807, 2.05) is 13.0 Å². The molecule has 0 saturated carbocycles. The second-order valence-electron chi connectivity index (χ2n) is 5.23. The fourth-order valence-electron chi connectivity index (χ4n) is 2.56. The van der Waals surface area contributed by atoms with Crippen LogP contribution in [0.5, 0.6) is 0 Å². The van der Waals surface area contributed by atoms with Crippen LogP contribution < -0.4 is 0 Å². The fourth-order valence-corrected chi connectivity index (χ4v) is 2.81. The first-order valence-corrected chi connectivity index (χ1v) is 7.47. The van der Waals surface area contributed by atoms with Gasteiger partial charge in [0.05, 0.1) is 11.9 Å². The molecule has 3 aromatic heterocycles. The first-order chi connectivity index (χ1) is 11.6. The zero-order valence-corrected chi connectivity index (χ0v) is 13.2. The molecule has 4 aromatic rings. The lowest BCUT2D eigenvalue weighted by atomic mass is 10.0. The minimum Gasteiger partial charge on any atom is -0.250 e. The van der Waals surface area contributed by atoms with Crippen LogP contribution in [0.15, 0.2) is 42.6 Å². The summed E-state index contributed by atoms with van der Waals surface area (Å²) in [5.74, 6) is -0.313. The molecule has 24 heavy (non-hydrogen) atoms. The summed E-state index contributed by atoms with van der Waals surface area (Å²) in [6.07, 6.45) is 1.57. The summed E-state index contributed by atoms with van der Waals surface area (Å²) in [5.41, 5.74) is 4.06. The van der Waals surface area contributed by atoms with Crippen molar-refractivity contribution in [1.29, 1.82) is 0 Å². The zero-order valence-electron chi connectivity index (χ0n) is 12.5. The lowest BCUT2D eigenvalue weighted by Gasteiger charge is -2.11. The largest absolute Gasteiger partial charge is 0.250 e. The molecule has 0 bridgehead atoms.